The summed E-state index contributed by atoms with van der Waals surface area (Å²) in [6.07, 6.45) is 0. The molecule has 0 aliphatic heterocycles. The van der Waals surface area contributed by atoms with E-state index in [0.717, 1.165) is 11.8 Å². The molecule has 0 saturated heterocycles. The summed E-state index contributed by atoms with van der Waals surface area (Å²) in [5.74, 6) is 0.366. The molecule has 0 atom stereocenters. The number of rotatable bonds is 5. The number of hydrogen-bond donors (Lipinski definition) is 3. The van der Waals surface area contributed by atoms with E-state index in [1.54, 1.807) is 25.2 Å². The highest BCUT2D eigenvalue weighted by Crippen LogP contribution is 2.26. The van der Waals surface area contributed by atoms with E-state index in [1.807, 2.05) is 0 Å². The summed E-state index contributed by atoms with van der Waals surface area (Å²) in [4.78, 5) is 23.1. The Morgan fingerprint density at radius 1 is 1.57 bits per heavy atom. The third-order valence-electron chi connectivity index (χ3n) is 2.67. The summed E-state index contributed by atoms with van der Waals surface area (Å²) in [5.41, 5.74) is 6.41. The molecule has 112 valence electrons. The summed E-state index contributed by atoms with van der Waals surface area (Å²) < 4.78 is 6.48. The van der Waals surface area contributed by atoms with Gasteiger partial charge in [-0.3, -0.25) is 9.36 Å². The zero-order valence-electron chi connectivity index (χ0n) is 11.5. The number of nitrogen functional groups attached to an aromatic ring is 1. The number of ether oxygens (including phenoxy) is 1. The van der Waals surface area contributed by atoms with E-state index in [2.05, 4.69) is 15.5 Å². The van der Waals surface area contributed by atoms with E-state index >= 15 is 0 Å². The SMILES string of the molecule is COc1cc(N)ccc1NC(=O)CSc1n[nH]c(=O)n1C. The minimum absolute atomic E-state index is 0.117. The van der Waals surface area contributed by atoms with Crippen LogP contribution in [0.4, 0.5) is 11.4 Å². The molecule has 0 aliphatic carbocycles. The lowest BCUT2D eigenvalue weighted by Crippen LogP contribution is -2.16. The fourth-order valence-corrected chi connectivity index (χ4v) is 2.31. The van der Waals surface area contributed by atoms with Gasteiger partial charge in [0.2, 0.25) is 5.91 Å². The van der Waals surface area contributed by atoms with Crippen molar-refractivity contribution >= 4 is 29.0 Å². The van der Waals surface area contributed by atoms with Gasteiger partial charge in [0.25, 0.3) is 0 Å². The number of anilines is 2. The molecule has 0 spiro atoms. The van der Waals surface area contributed by atoms with Crippen molar-refractivity contribution in [3.63, 3.8) is 0 Å². The lowest BCUT2D eigenvalue weighted by atomic mass is 10.2. The van der Waals surface area contributed by atoms with Crippen LogP contribution < -0.4 is 21.5 Å². The molecular weight excluding hydrogens is 294 g/mol. The number of aromatic amines is 1. The molecule has 1 amide bonds. The number of nitrogens with one attached hydrogen (secondary N) is 2. The van der Waals surface area contributed by atoms with E-state index in [9.17, 15) is 9.59 Å². The van der Waals surface area contributed by atoms with E-state index < -0.39 is 0 Å². The molecule has 0 unspecified atom stereocenters. The van der Waals surface area contributed by atoms with Crippen molar-refractivity contribution in [3.8, 4) is 5.75 Å². The molecule has 0 radical (unpaired) electrons. The number of nitrogens with two attached hydrogens (primary N) is 1. The van der Waals surface area contributed by atoms with E-state index in [4.69, 9.17) is 10.5 Å². The predicted molar refractivity (Wildman–Crippen MR) is 80.6 cm³/mol. The first-order valence-corrected chi connectivity index (χ1v) is 6.97. The molecule has 1 heterocycles. The standard InChI is InChI=1S/C12H15N5O3S/c1-17-11(19)15-16-12(17)21-6-10(18)14-8-4-3-7(13)5-9(8)20-2/h3-5H,6,13H2,1-2H3,(H,14,18)(H,15,19). The number of amides is 1. The molecule has 2 rings (SSSR count). The van der Waals surface area contributed by atoms with Crippen LogP contribution in [0.15, 0.2) is 28.2 Å². The van der Waals surface area contributed by atoms with Gasteiger partial charge in [-0.1, -0.05) is 11.8 Å². The van der Waals surface area contributed by atoms with Crippen LogP contribution in [0.3, 0.4) is 0 Å². The Hall–Kier alpha value is -2.42. The zero-order chi connectivity index (χ0) is 15.4. The quantitative estimate of drug-likeness (QED) is 0.545. The number of aromatic nitrogens is 3. The first-order chi connectivity index (χ1) is 10.0. The second kappa shape index (κ2) is 6.35. The number of carbonyl (C=O) groups is 1. The zero-order valence-corrected chi connectivity index (χ0v) is 12.4. The normalized spacial score (nSPS) is 10.4. The van der Waals surface area contributed by atoms with E-state index in [0.29, 0.717) is 22.3 Å². The molecule has 1 aromatic carbocycles. The van der Waals surface area contributed by atoms with Crippen LogP contribution in [0.2, 0.25) is 0 Å². The first-order valence-electron chi connectivity index (χ1n) is 5.99. The molecule has 21 heavy (non-hydrogen) atoms. The average molecular weight is 309 g/mol. The number of hydrogen-bond acceptors (Lipinski definition) is 6. The van der Waals surface area contributed by atoms with Gasteiger partial charge in [-0.15, -0.1) is 5.10 Å². The third-order valence-corrected chi connectivity index (χ3v) is 3.70. The maximum atomic E-state index is 11.9. The molecule has 0 fully saturated rings. The van der Waals surface area contributed by atoms with Gasteiger partial charge in [0.1, 0.15) is 5.75 Å². The minimum Gasteiger partial charge on any atom is -0.494 e. The van der Waals surface area contributed by atoms with Gasteiger partial charge in [-0.25, -0.2) is 9.89 Å². The largest absolute Gasteiger partial charge is 0.494 e. The highest BCUT2D eigenvalue weighted by molar-refractivity contribution is 7.99. The minimum atomic E-state index is -0.321. The fourth-order valence-electron chi connectivity index (χ4n) is 1.59. The number of methoxy groups -OCH3 is 1. The Bertz CT molecular complexity index is 709. The number of carbonyl (C=O) groups excluding carboxylic acids is 1. The van der Waals surface area contributed by atoms with Crippen LogP contribution in [-0.2, 0) is 11.8 Å². The Balaban J connectivity index is 1.99. The molecule has 1 aromatic heterocycles. The predicted octanol–water partition coefficient (Wildman–Crippen LogP) is 0.430. The van der Waals surface area contributed by atoms with E-state index in [1.165, 1.54) is 11.7 Å². The van der Waals surface area contributed by atoms with Gasteiger partial charge in [0, 0.05) is 18.8 Å². The Labute approximate surface area is 124 Å². The van der Waals surface area contributed by atoms with Crippen molar-refractivity contribution in [2.24, 2.45) is 7.05 Å². The van der Waals surface area contributed by atoms with E-state index in [-0.39, 0.29) is 17.3 Å². The molecule has 0 aliphatic rings. The highest BCUT2D eigenvalue weighted by atomic mass is 32.2. The maximum absolute atomic E-state index is 11.9. The van der Waals surface area contributed by atoms with Gasteiger partial charge in [0.15, 0.2) is 5.16 Å². The van der Waals surface area contributed by atoms with Crippen molar-refractivity contribution in [2.75, 3.05) is 23.9 Å². The number of benzene rings is 1. The van der Waals surface area contributed by atoms with Gasteiger partial charge in [0.05, 0.1) is 18.6 Å². The van der Waals surface area contributed by atoms with Crippen LogP contribution >= 0.6 is 11.8 Å². The Morgan fingerprint density at radius 3 is 2.95 bits per heavy atom. The van der Waals surface area contributed by atoms with Crippen LogP contribution in [0, 0.1) is 0 Å². The smallest absolute Gasteiger partial charge is 0.343 e. The summed E-state index contributed by atoms with van der Waals surface area (Å²) in [5, 5.41) is 9.28. The molecular formula is C12H15N5O3S. The molecule has 0 bridgehead atoms. The molecule has 8 nitrogen and oxygen atoms in total. The second-order valence-corrected chi connectivity index (χ2v) is 5.11. The van der Waals surface area contributed by atoms with Crippen molar-refractivity contribution in [3.05, 3.63) is 28.7 Å². The van der Waals surface area contributed by atoms with Gasteiger partial charge < -0.3 is 15.8 Å². The molecule has 2 aromatic rings. The van der Waals surface area contributed by atoms with Crippen molar-refractivity contribution in [1.82, 2.24) is 14.8 Å². The number of thioether (sulfide) groups is 1. The molecule has 4 N–H and O–H groups in total. The van der Waals surface area contributed by atoms with Gasteiger partial charge in [-0.05, 0) is 12.1 Å². The number of nitrogens with zero attached hydrogens (tertiary/aromatic N) is 2. The summed E-state index contributed by atoms with van der Waals surface area (Å²) in [6.45, 7) is 0. The lowest BCUT2D eigenvalue weighted by molar-refractivity contribution is -0.113. The monoisotopic (exact) mass is 309 g/mol. The highest BCUT2D eigenvalue weighted by Gasteiger charge is 2.11. The Kier molecular flexibility index (Phi) is 4.53. The summed E-state index contributed by atoms with van der Waals surface area (Å²) in [7, 11) is 3.08. The van der Waals surface area contributed by atoms with Crippen LogP contribution in [-0.4, -0.2) is 33.5 Å². The van der Waals surface area contributed by atoms with Crippen LogP contribution in [0.1, 0.15) is 0 Å². The topological polar surface area (TPSA) is 115 Å². The first kappa shape index (κ1) is 15.0. The second-order valence-electron chi connectivity index (χ2n) is 4.17. The average Bonchev–Trinajstić information content (AvgIpc) is 2.78. The Morgan fingerprint density at radius 2 is 2.33 bits per heavy atom. The lowest BCUT2D eigenvalue weighted by Gasteiger charge is -2.10. The van der Waals surface area contributed by atoms with Crippen molar-refractivity contribution in [1.29, 1.82) is 0 Å². The molecule has 0 saturated carbocycles. The van der Waals surface area contributed by atoms with Gasteiger partial charge in [-0.2, -0.15) is 0 Å². The summed E-state index contributed by atoms with van der Waals surface area (Å²) in [6, 6.07) is 4.96. The fraction of sp³-hybridized carbons (Fsp3) is 0.250. The van der Waals surface area contributed by atoms with Crippen LogP contribution in [0.25, 0.3) is 0 Å². The van der Waals surface area contributed by atoms with Crippen molar-refractivity contribution < 1.29 is 9.53 Å². The van der Waals surface area contributed by atoms with Crippen molar-refractivity contribution in [2.45, 2.75) is 5.16 Å². The summed E-state index contributed by atoms with van der Waals surface area (Å²) >= 11 is 1.15. The third kappa shape index (κ3) is 3.57. The maximum Gasteiger partial charge on any atom is 0.343 e. The number of H-pyrrole nitrogens is 1. The van der Waals surface area contributed by atoms with Crippen LogP contribution in [0.5, 0.6) is 5.75 Å². The molecule has 9 heteroatoms. The van der Waals surface area contributed by atoms with Gasteiger partial charge >= 0.3 is 5.69 Å².